The summed E-state index contributed by atoms with van der Waals surface area (Å²) in [5, 5.41) is 12.1. The smallest absolute Gasteiger partial charge is 0.339 e. The Morgan fingerprint density at radius 1 is 1.29 bits per heavy atom. The van der Waals surface area contributed by atoms with Crippen LogP contribution in [0.5, 0.6) is 0 Å². The Morgan fingerprint density at radius 3 is 2.55 bits per heavy atom. The van der Waals surface area contributed by atoms with Crippen LogP contribution < -0.4 is 5.32 Å². The Hall–Kier alpha value is -2.69. The van der Waals surface area contributed by atoms with E-state index in [0.717, 1.165) is 0 Å². The Balaban J connectivity index is 1.80. The van der Waals surface area contributed by atoms with Crippen molar-refractivity contribution in [3.63, 3.8) is 0 Å². The molecule has 1 aliphatic heterocycles. The van der Waals surface area contributed by atoms with Gasteiger partial charge < -0.3 is 20.1 Å². The van der Waals surface area contributed by atoms with Crippen LogP contribution in [0.4, 0.5) is 5.69 Å². The van der Waals surface area contributed by atoms with Gasteiger partial charge in [-0.25, -0.2) is 13.2 Å². The molecule has 1 saturated heterocycles. The highest BCUT2D eigenvalue weighted by atomic mass is 32.2. The predicted molar refractivity (Wildman–Crippen MR) is 115 cm³/mol. The summed E-state index contributed by atoms with van der Waals surface area (Å²) >= 11 is 0. The minimum absolute atomic E-state index is 0.100. The van der Waals surface area contributed by atoms with E-state index in [1.54, 1.807) is 6.92 Å². The molecule has 1 aliphatic rings. The number of anilines is 1. The van der Waals surface area contributed by atoms with Crippen LogP contribution in [-0.2, 0) is 21.2 Å². The molecular formula is C21H27N3O6S. The van der Waals surface area contributed by atoms with E-state index in [1.165, 1.54) is 35.7 Å². The molecule has 9 nitrogen and oxygen atoms in total. The summed E-state index contributed by atoms with van der Waals surface area (Å²) in [5.41, 5.74) is 2.11. The fourth-order valence-corrected chi connectivity index (χ4v) is 5.56. The SMILES string of the molecule is CCc1[nH]c(C(=O)Nc2ccc(S(=O)(=O)N3CCCC3CO)cc2)c(C)c1C(=O)OC. The number of nitrogens with one attached hydrogen (secondary N) is 2. The fraction of sp³-hybridized carbons (Fsp3) is 0.429. The van der Waals surface area contributed by atoms with E-state index in [4.69, 9.17) is 4.74 Å². The van der Waals surface area contributed by atoms with Crippen LogP contribution in [0, 0.1) is 6.92 Å². The van der Waals surface area contributed by atoms with Gasteiger partial charge in [-0.05, 0) is 56.0 Å². The molecule has 31 heavy (non-hydrogen) atoms. The normalized spacial score (nSPS) is 17.0. The second kappa shape index (κ2) is 9.21. The molecular weight excluding hydrogens is 422 g/mol. The number of carbonyl (C=O) groups is 2. The van der Waals surface area contributed by atoms with Crippen molar-refractivity contribution in [3.8, 4) is 0 Å². The second-order valence-electron chi connectivity index (χ2n) is 7.40. The molecule has 1 amide bonds. The lowest BCUT2D eigenvalue weighted by molar-refractivity contribution is 0.0599. The zero-order valence-electron chi connectivity index (χ0n) is 17.8. The van der Waals surface area contributed by atoms with Gasteiger partial charge in [0.15, 0.2) is 0 Å². The van der Waals surface area contributed by atoms with Gasteiger partial charge in [0.1, 0.15) is 5.69 Å². The van der Waals surface area contributed by atoms with Crippen molar-refractivity contribution >= 4 is 27.6 Å². The summed E-state index contributed by atoms with van der Waals surface area (Å²) in [6.45, 7) is 3.69. The lowest BCUT2D eigenvalue weighted by Crippen LogP contribution is -2.37. The van der Waals surface area contributed by atoms with Crippen LogP contribution in [0.15, 0.2) is 29.2 Å². The van der Waals surface area contributed by atoms with Crippen molar-refractivity contribution in [2.45, 2.75) is 44.0 Å². The predicted octanol–water partition coefficient (Wildman–Crippen LogP) is 2.07. The van der Waals surface area contributed by atoms with Gasteiger partial charge in [-0.1, -0.05) is 6.92 Å². The number of carbonyl (C=O) groups excluding carboxylic acids is 2. The van der Waals surface area contributed by atoms with E-state index >= 15 is 0 Å². The van der Waals surface area contributed by atoms with Gasteiger partial charge in [0.2, 0.25) is 10.0 Å². The molecule has 0 spiro atoms. The molecule has 1 unspecified atom stereocenters. The third kappa shape index (κ3) is 4.36. The topological polar surface area (TPSA) is 129 Å². The highest BCUT2D eigenvalue weighted by Gasteiger charge is 2.34. The van der Waals surface area contributed by atoms with Crippen LogP contribution in [0.3, 0.4) is 0 Å². The minimum atomic E-state index is -3.72. The maximum atomic E-state index is 12.8. The third-order valence-corrected chi connectivity index (χ3v) is 7.52. The summed E-state index contributed by atoms with van der Waals surface area (Å²) in [7, 11) is -2.43. The number of amides is 1. The van der Waals surface area contributed by atoms with Gasteiger partial charge in [-0.2, -0.15) is 4.31 Å². The summed E-state index contributed by atoms with van der Waals surface area (Å²) in [6, 6.07) is 5.47. The van der Waals surface area contributed by atoms with Crippen LogP contribution in [0.25, 0.3) is 0 Å². The Labute approximate surface area is 181 Å². The van der Waals surface area contributed by atoms with Crippen molar-refractivity contribution in [2.24, 2.45) is 0 Å². The molecule has 168 valence electrons. The number of hydrogen-bond donors (Lipinski definition) is 3. The van der Waals surface area contributed by atoms with E-state index in [-0.39, 0.29) is 17.2 Å². The van der Waals surface area contributed by atoms with Gasteiger partial charge >= 0.3 is 5.97 Å². The number of aryl methyl sites for hydroxylation is 1. The maximum absolute atomic E-state index is 12.8. The molecule has 0 bridgehead atoms. The molecule has 0 radical (unpaired) electrons. The standard InChI is InChI=1S/C21H27N3O6S/c1-4-17-18(21(27)30-3)13(2)19(23-17)20(26)22-14-7-9-16(10-8-14)31(28,29)24-11-5-6-15(24)12-25/h7-10,15,23,25H,4-6,11-12H2,1-3H3,(H,22,26). The van der Waals surface area contributed by atoms with Crippen molar-refractivity contribution in [1.82, 2.24) is 9.29 Å². The molecule has 2 heterocycles. The van der Waals surface area contributed by atoms with Gasteiger partial charge in [-0.15, -0.1) is 0 Å². The first-order valence-electron chi connectivity index (χ1n) is 10.1. The summed E-state index contributed by atoms with van der Waals surface area (Å²) < 4.78 is 31.8. The minimum Gasteiger partial charge on any atom is -0.465 e. The van der Waals surface area contributed by atoms with E-state index in [1.807, 2.05) is 6.92 Å². The number of sulfonamides is 1. The molecule has 1 fully saturated rings. The van der Waals surface area contributed by atoms with Gasteiger partial charge in [0.25, 0.3) is 5.91 Å². The lowest BCUT2D eigenvalue weighted by atomic mass is 10.1. The summed E-state index contributed by atoms with van der Waals surface area (Å²) in [5.74, 6) is -0.958. The lowest BCUT2D eigenvalue weighted by Gasteiger charge is -2.22. The Bertz CT molecular complexity index is 1080. The van der Waals surface area contributed by atoms with E-state index in [2.05, 4.69) is 10.3 Å². The van der Waals surface area contributed by atoms with E-state index in [9.17, 15) is 23.1 Å². The van der Waals surface area contributed by atoms with Gasteiger partial charge in [-0.3, -0.25) is 4.79 Å². The molecule has 0 aliphatic carbocycles. The maximum Gasteiger partial charge on any atom is 0.339 e. The average Bonchev–Trinajstić information content (AvgIpc) is 3.38. The number of aromatic amines is 1. The Morgan fingerprint density at radius 2 is 1.97 bits per heavy atom. The summed E-state index contributed by atoms with van der Waals surface area (Å²) in [6.07, 6.45) is 1.87. The number of hydrogen-bond acceptors (Lipinski definition) is 6. The number of benzene rings is 1. The molecule has 2 aromatic rings. The molecule has 10 heteroatoms. The molecule has 1 aromatic heterocycles. The largest absolute Gasteiger partial charge is 0.465 e. The quantitative estimate of drug-likeness (QED) is 0.555. The number of aliphatic hydroxyl groups excluding tert-OH is 1. The first-order valence-corrected chi connectivity index (χ1v) is 11.5. The first kappa shape index (κ1) is 23.0. The zero-order valence-corrected chi connectivity index (χ0v) is 18.6. The van der Waals surface area contributed by atoms with E-state index < -0.39 is 27.9 Å². The molecule has 0 saturated carbocycles. The van der Waals surface area contributed by atoms with Crippen molar-refractivity contribution in [2.75, 3.05) is 25.6 Å². The molecule has 1 atom stereocenters. The number of rotatable bonds is 7. The van der Waals surface area contributed by atoms with Crippen LogP contribution >= 0.6 is 0 Å². The number of esters is 1. The number of aliphatic hydroxyl groups is 1. The highest BCUT2D eigenvalue weighted by Crippen LogP contribution is 2.27. The van der Waals surface area contributed by atoms with Crippen molar-refractivity contribution in [3.05, 3.63) is 46.8 Å². The van der Waals surface area contributed by atoms with Crippen LogP contribution in [0.2, 0.25) is 0 Å². The number of aromatic nitrogens is 1. The monoisotopic (exact) mass is 449 g/mol. The molecule has 3 rings (SSSR count). The van der Waals surface area contributed by atoms with Crippen LogP contribution in [-0.4, -0.2) is 61.0 Å². The molecule has 1 aromatic carbocycles. The van der Waals surface area contributed by atoms with Crippen molar-refractivity contribution in [1.29, 1.82) is 0 Å². The van der Waals surface area contributed by atoms with Crippen molar-refractivity contribution < 1.29 is 27.9 Å². The van der Waals surface area contributed by atoms with Gasteiger partial charge in [0, 0.05) is 24.0 Å². The first-order chi connectivity index (χ1) is 14.7. The number of H-pyrrole nitrogens is 1. The third-order valence-electron chi connectivity index (χ3n) is 5.55. The number of ether oxygens (including phenoxy) is 1. The summed E-state index contributed by atoms with van der Waals surface area (Å²) in [4.78, 5) is 27.9. The number of nitrogens with zero attached hydrogens (tertiary/aromatic N) is 1. The fourth-order valence-electron chi connectivity index (χ4n) is 3.88. The highest BCUT2D eigenvalue weighted by molar-refractivity contribution is 7.89. The Kier molecular flexibility index (Phi) is 6.83. The van der Waals surface area contributed by atoms with Gasteiger partial charge in [0.05, 0.1) is 24.2 Å². The molecule has 3 N–H and O–H groups in total. The zero-order chi connectivity index (χ0) is 22.8. The number of methoxy groups -OCH3 is 1. The van der Waals surface area contributed by atoms with Crippen LogP contribution in [0.1, 0.15) is 51.9 Å². The second-order valence-corrected chi connectivity index (χ2v) is 9.29. The van der Waals surface area contributed by atoms with E-state index in [0.29, 0.717) is 48.3 Å². The average molecular weight is 450 g/mol.